The van der Waals surface area contributed by atoms with Gasteiger partial charge in [-0.15, -0.1) is 0 Å². The van der Waals surface area contributed by atoms with Crippen molar-refractivity contribution in [3.63, 3.8) is 0 Å². The summed E-state index contributed by atoms with van der Waals surface area (Å²) in [6.45, 7) is 6.74. The summed E-state index contributed by atoms with van der Waals surface area (Å²) in [5.74, 6) is 0. The molecule has 0 aromatic heterocycles. The van der Waals surface area contributed by atoms with Crippen LogP contribution in [0.25, 0.3) is 0 Å². The van der Waals surface area contributed by atoms with Gasteiger partial charge in [0.05, 0.1) is 0 Å². The Morgan fingerprint density at radius 2 is 0.537 bits per heavy atom. The van der Waals surface area contributed by atoms with Gasteiger partial charge in [0.15, 0.2) is 0 Å². The third-order valence-electron chi connectivity index (χ3n) is 9.66. The number of carbonyl (C=O) groups is 1. The predicted molar refractivity (Wildman–Crippen MR) is 189 cm³/mol. The quantitative estimate of drug-likeness (QED) is 0.0537. The molecule has 0 unspecified atom stereocenters. The second kappa shape index (κ2) is 32.8. The fraction of sp³-hybridized carbons (Fsp3) is 0.974. The molecule has 0 fully saturated rings. The molecule has 0 spiro atoms. The van der Waals surface area contributed by atoms with Gasteiger partial charge in [-0.05, 0) is 12.8 Å². The van der Waals surface area contributed by atoms with E-state index in [0.717, 1.165) is 12.8 Å². The fourth-order valence-electron chi connectivity index (χ4n) is 6.46. The third-order valence-corrected chi connectivity index (χ3v) is 10.1. The summed E-state index contributed by atoms with van der Waals surface area (Å²) in [5.41, 5.74) is -0.249. The van der Waals surface area contributed by atoms with Crippen molar-refractivity contribution in [3.05, 3.63) is 0 Å². The molecule has 0 bridgehead atoms. The average molecular weight is 594 g/mol. The zero-order valence-corrected chi connectivity index (χ0v) is 29.7. The highest BCUT2D eigenvalue weighted by atomic mass is 32.1. The Morgan fingerprint density at radius 1 is 0.366 bits per heavy atom. The molecule has 0 radical (unpaired) electrons. The van der Waals surface area contributed by atoms with Gasteiger partial charge in [0.1, 0.15) is 0 Å². The van der Waals surface area contributed by atoms with Gasteiger partial charge >= 0.3 is 0 Å². The Bertz CT molecular complexity index is 480. The summed E-state index contributed by atoms with van der Waals surface area (Å²) in [4.78, 5) is 12.3. The van der Waals surface area contributed by atoms with Crippen LogP contribution in [-0.4, -0.2) is 5.12 Å². The highest BCUT2D eigenvalue weighted by Crippen LogP contribution is 2.32. The monoisotopic (exact) mass is 594 g/mol. The van der Waals surface area contributed by atoms with E-state index in [0.29, 0.717) is 0 Å². The van der Waals surface area contributed by atoms with Crippen LogP contribution in [0.1, 0.15) is 239 Å². The minimum atomic E-state index is -0.249. The van der Waals surface area contributed by atoms with E-state index in [1.54, 1.807) is 0 Å². The first-order valence-corrected chi connectivity index (χ1v) is 19.7. The molecule has 246 valence electrons. The van der Waals surface area contributed by atoms with Crippen LogP contribution in [0.5, 0.6) is 0 Å². The van der Waals surface area contributed by atoms with E-state index in [2.05, 4.69) is 20.8 Å². The molecule has 0 saturated heterocycles. The van der Waals surface area contributed by atoms with Gasteiger partial charge < -0.3 is 17.4 Å². The van der Waals surface area contributed by atoms with Gasteiger partial charge in [0, 0.05) is 10.5 Å². The molecule has 0 aliphatic carbocycles. The molecule has 0 heterocycles. The van der Waals surface area contributed by atoms with Crippen LogP contribution in [0.15, 0.2) is 0 Å². The second-order valence-corrected chi connectivity index (χ2v) is 14.3. The summed E-state index contributed by atoms with van der Waals surface area (Å²) < 4.78 is 0. The molecule has 1 nitrogen and oxygen atoms in total. The van der Waals surface area contributed by atoms with E-state index in [-0.39, 0.29) is 10.5 Å². The highest BCUT2D eigenvalue weighted by Gasteiger charge is 2.24. The SMILES string of the molecule is CCCCCCCCCCCCCCCCCCC(C)(CCCCCCCCCCCCCCCCCC)C(=O)[S-]. The maximum Gasteiger partial charge on any atom is 0.0179 e. The molecule has 0 N–H and O–H groups in total. The van der Waals surface area contributed by atoms with Gasteiger partial charge in [0.25, 0.3) is 0 Å². The Balaban J connectivity index is 3.51. The molecule has 0 saturated carbocycles. The Labute approximate surface area is 266 Å². The number of hydrogen-bond acceptors (Lipinski definition) is 2. The van der Waals surface area contributed by atoms with E-state index in [1.807, 2.05) is 0 Å². The molecule has 0 rings (SSSR count). The summed E-state index contributed by atoms with van der Waals surface area (Å²) in [7, 11) is 0. The lowest BCUT2D eigenvalue weighted by Gasteiger charge is -2.32. The highest BCUT2D eigenvalue weighted by molar-refractivity contribution is 7.77. The van der Waals surface area contributed by atoms with Gasteiger partial charge in [-0.25, -0.2) is 0 Å². The smallest absolute Gasteiger partial charge is 0.0179 e. The molecule has 41 heavy (non-hydrogen) atoms. The summed E-state index contributed by atoms with van der Waals surface area (Å²) in [6, 6.07) is 0. The molecule has 0 aliphatic heterocycles. The van der Waals surface area contributed by atoms with Crippen LogP contribution < -0.4 is 0 Å². The third kappa shape index (κ3) is 29.7. The summed E-state index contributed by atoms with van der Waals surface area (Å²) >= 11 is 5.20. The van der Waals surface area contributed by atoms with E-state index >= 15 is 0 Å². The molecule has 0 aromatic carbocycles. The first kappa shape index (κ1) is 40.9. The molecule has 0 atom stereocenters. The molecule has 0 aliphatic rings. The van der Waals surface area contributed by atoms with Crippen molar-refractivity contribution in [1.82, 2.24) is 0 Å². The fourth-order valence-corrected chi connectivity index (χ4v) is 6.66. The van der Waals surface area contributed by atoms with Crippen molar-refractivity contribution >= 4 is 17.7 Å². The molecular formula is C39H77OS-. The number of rotatable bonds is 35. The second-order valence-electron chi connectivity index (χ2n) is 14.0. The van der Waals surface area contributed by atoms with Crippen LogP contribution in [0, 0.1) is 5.41 Å². The molecule has 0 aromatic rings. The maximum atomic E-state index is 12.3. The average Bonchev–Trinajstić information content (AvgIpc) is 2.96. The van der Waals surface area contributed by atoms with E-state index in [1.165, 1.54) is 205 Å². The van der Waals surface area contributed by atoms with Crippen LogP contribution in [0.3, 0.4) is 0 Å². The minimum absolute atomic E-state index is 0.0134. The first-order valence-electron chi connectivity index (χ1n) is 19.3. The minimum Gasteiger partial charge on any atom is -0.741 e. The van der Waals surface area contributed by atoms with Crippen LogP contribution in [0.2, 0.25) is 0 Å². The Hall–Kier alpha value is -0.110. The van der Waals surface area contributed by atoms with Gasteiger partial charge in [-0.1, -0.05) is 226 Å². The number of carbonyl (C=O) groups excluding carboxylic acids is 1. The normalized spacial score (nSPS) is 11.9. The lowest BCUT2D eigenvalue weighted by atomic mass is 9.81. The standard InChI is InChI=1S/C39H78OS/c1-4-6-8-10-12-14-16-18-20-22-24-26-28-30-32-34-36-39(3,38(40)41)37-35-33-31-29-27-25-23-21-19-17-15-13-11-9-7-5-2/h4-37H2,1-3H3,(H,40,41)/p-1. The van der Waals surface area contributed by atoms with Crippen LogP contribution in [-0.2, 0) is 17.4 Å². The Morgan fingerprint density at radius 3 is 0.707 bits per heavy atom. The zero-order valence-electron chi connectivity index (χ0n) is 28.9. The van der Waals surface area contributed by atoms with Crippen LogP contribution in [0.4, 0.5) is 0 Å². The number of hydrogen-bond donors (Lipinski definition) is 0. The summed E-state index contributed by atoms with van der Waals surface area (Å²) in [5, 5.41) is 0.0134. The Kier molecular flexibility index (Phi) is 32.7. The molecule has 2 heteroatoms. The zero-order chi connectivity index (χ0) is 30.1. The van der Waals surface area contributed by atoms with Gasteiger partial charge in [0.2, 0.25) is 0 Å². The lowest BCUT2D eigenvalue weighted by molar-refractivity contribution is -0.119. The van der Waals surface area contributed by atoms with Crippen molar-refractivity contribution < 1.29 is 4.79 Å². The van der Waals surface area contributed by atoms with Gasteiger partial charge in [-0.3, -0.25) is 0 Å². The predicted octanol–water partition coefficient (Wildman–Crippen LogP) is 14.4. The lowest BCUT2D eigenvalue weighted by Crippen LogP contribution is -2.26. The van der Waals surface area contributed by atoms with Crippen molar-refractivity contribution in [1.29, 1.82) is 0 Å². The van der Waals surface area contributed by atoms with Crippen molar-refractivity contribution in [2.45, 2.75) is 239 Å². The largest absolute Gasteiger partial charge is 0.741 e. The topological polar surface area (TPSA) is 17.1 Å². The van der Waals surface area contributed by atoms with Crippen molar-refractivity contribution in [3.8, 4) is 0 Å². The summed E-state index contributed by atoms with van der Waals surface area (Å²) in [6.07, 6.45) is 46.6. The number of unbranched alkanes of at least 4 members (excludes halogenated alkanes) is 30. The van der Waals surface area contributed by atoms with Crippen molar-refractivity contribution in [2.75, 3.05) is 0 Å². The van der Waals surface area contributed by atoms with Crippen LogP contribution >= 0.6 is 0 Å². The van der Waals surface area contributed by atoms with E-state index in [9.17, 15) is 4.79 Å². The molecule has 0 amide bonds. The molecular weight excluding hydrogens is 516 g/mol. The maximum absolute atomic E-state index is 12.3. The van der Waals surface area contributed by atoms with Gasteiger partial charge in [-0.2, -0.15) is 0 Å². The van der Waals surface area contributed by atoms with Crippen molar-refractivity contribution in [2.24, 2.45) is 5.41 Å². The first-order chi connectivity index (χ1) is 20.1. The van der Waals surface area contributed by atoms with E-state index < -0.39 is 0 Å². The van der Waals surface area contributed by atoms with E-state index in [4.69, 9.17) is 12.6 Å².